The molecule has 7 heteroatoms. The topological polar surface area (TPSA) is 96.3 Å². The molecule has 2 atom stereocenters. The van der Waals surface area contributed by atoms with Crippen molar-refractivity contribution in [3.8, 4) is 0 Å². The first-order valence-electron chi connectivity index (χ1n) is 6.31. The van der Waals surface area contributed by atoms with E-state index < -0.39 is 18.0 Å². The van der Waals surface area contributed by atoms with Crippen LogP contribution < -0.4 is 10.6 Å². The molecule has 3 N–H and O–H groups in total. The molecule has 0 aromatic carbocycles. The number of anilines is 1. The molecule has 1 heterocycles. The molecule has 7 nitrogen and oxygen atoms in total. The van der Waals surface area contributed by atoms with Gasteiger partial charge >= 0.3 is 12.0 Å². The fourth-order valence-electron chi connectivity index (χ4n) is 1.58. The number of amides is 2. The zero-order chi connectivity index (χ0) is 14.4. The first-order chi connectivity index (χ1) is 8.97. The Morgan fingerprint density at radius 1 is 1.47 bits per heavy atom. The third-order valence-corrected chi connectivity index (χ3v) is 2.97. The lowest BCUT2D eigenvalue weighted by Crippen LogP contribution is -2.46. The van der Waals surface area contributed by atoms with Crippen molar-refractivity contribution in [1.29, 1.82) is 0 Å². The Morgan fingerprint density at radius 2 is 2.16 bits per heavy atom. The summed E-state index contributed by atoms with van der Waals surface area (Å²) in [6.07, 6.45) is 2.40. The van der Waals surface area contributed by atoms with Gasteiger partial charge in [0.05, 0.1) is 0 Å². The lowest BCUT2D eigenvalue weighted by molar-refractivity contribution is -0.140. The maximum atomic E-state index is 11.7. The number of carboxylic acid groups (broad SMARTS) is 1. The van der Waals surface area contributed by atoms with Gasteiger partial charge in [0.15, 0.2) is 5.82 Å². The van der Waals surface area contributed by atoms with Crippen LogP contribution in [-0.2, 0) is 11.3 Å². The summed E-state index contributed by atoms with van der Waals surface area (Å²) < 4.78 is 1.67. The predicted octanol–water partition coefficient (Wildman–Crippen LogP) is 1.52. The Hall–Kier alpha value is -2.05. The van der Waals surface area contributed by atoms with Gasteiger partial charge in [0, 0.05) is 18.8 Å². The van der Waals surface area contributed by atoms with E-state index in [0.717, 1.165) is 0 Å². The van der Waals surface area contributed by atoms with Crippen LogP contribution in [0.3, 0.4) is 0 Å². The third kappa shape index (κ3) is 4.27. The summed E-state index contributed by atoms with van der Waals surface area (Å²) in [4.78, 5) is 22.8. The molecule has 19 heavy (non-hydrogen) atoms. The quantitative estimate of drug-likeness (QED) is 0.728. The molecule has 2 amide bonds. The largest absolute Gasteiger partial charge is 0.480 e. The highest BCUT2D eigenvalue weighted by Gasteiger charge is 2.25. The second-order valence-electron chi connectivity index (χ2n) is 4.36. The van der Waals surface area contributed by atoms with E-state index in [2.05, 4.69) is 15.7 Å². The number of hydrogen-bond acceptors (Lipinski definition) is 3. The molecular formula is C12H20N4O3. The van der Waals surface area contributed by atoms with Gasteiger partial charge in [0.1, 0.15) is 6.04 Å². The van der Waals surface area contributed by atoms with Gasteiger partial charge in [-0.1, -0.05) is 20.3 Å². The Kier molecular flexibility index (Phi) is 5.35. The number of rotatable bonds is 6. The lowest BCUT2D eigenvalue weighted by Gasteiger charge is -2.19. The van der Waals surface area contributed by atoms with E-state index in [1.807, 2.05) is 13.8 Å². The number of nitrogens with zero attached hydrogens (tertiary/aromatic N) is 2. The average molecular weight is 268 g/mol. The number of hydrogen-bond donors (Lipinski definition) is 3. The summed E-state index contributed by atoms with van der Waals surface area (Å²) in [6, 6.07) is 0.189. The van der Waals surface area contributed by atoms with E-state index >= 15 is 0 Å². The van der Waals surface area contributed by atoms with Crippen molar-refractivity contribution >= 4 is 17.8 Å². The van der Waals surface area contributed by atoms with Crippen LogP contribution in [0.15, 0.2) is 12.3 Å². The minimum atomic E-state index is -1.04. The van der Waals surface area contributed by atoms with E-state index in [1.54, 1.807) is 23.9 Å². The third-order valence-electron chi connectivity index (χ3n) is 2.97. The first kappa shape index (κ1) is 15.0. The highest BCUT2D eigenvalue weighted by molar-refractivity contribution is 5.91. The number of aromatic nitrogens is 2. The molecule has 0 aliphatic rings. The number of urea groups is 1. The smallest absolute Gasteiger partial charge is 0.326 e. The van der Waals surface area contributed by atoms with Gasteiger partial charge in [-0.25, -0.2) is 9.59 Å². The van der Waals surface area contributed by atoms with Crippen molar-refractivity contribution in [2.24, 2.45) is 5.92 Å². The van der Waals surface area contributed by atoms with Crippen molar-refractivity contribution in [2.75, 3.05) is 5.32 Å². The monoisotopic (exact) mass is 268 g/mol. The molecule has 1 aromatic heterocycles. The first-order valence-corrected chi connectivity index (χ1v) is 6.31. The number of carboxylic acids is 1. The number of nitrogens with one attached hydrogen (secondary N) is 2. The summed E-state index contributed by atoms with van der Waals surface area (Å²) in [5, 5.41) is 18.1. The van der Waals surface area contributed by atoms with Crippen LogP contribution in [0.2, 0.25) is 0 Å². The molecular weight excluding hydrogens is 248 g/mol. The molecule has 0 aliphatic carbocycles. The van der Waals surface area contributed by atoms with Crippen LogP contribution in [0, 0.1) is 5.92 Å². The normalized spacial score (nSPS) is 13.6. The second kappa shape index (κ2) is 6.77. The molecule has 0 aliphatic heterocycles. The summed E-state index contributed by atoms with van der Waals surface area (Å²) >= 11 is 0. The van der Waals surface area contributed by atoms with Crippen molar-refractivity contribution < 1.29 is 14.7 Å². The van der Waals surface area contributed by atoms with Crippen LogP contribution in [-0.4, -0.2) is 32.9 Å². The van der Waals surface area contributed by atoms with E-state index in [1.165, 1.54) is 0 Å². The summed E-state index contributed by atoms with van der Waals surface area (Å²) in [5.41, 5.74) is 0. The highest BCUT2D eigenvalue weighted by atomic mass is 16.4. The number of carbonyl (C=O) groups is 2. The highest BCUT2D eigenvalue weighted by Crippen LogP contribution is 2.08. The van der Waals surface area contributed by atoms with Crippen molar-refractivity contribution in [3.63, 3.8) is 0 Å². The average Bonchev–Trinajstić information content (AvgIpc) is 2.82. The Morgan fingerprint density at radius 3 is 2.63 bits per heavy atom. The van der Waals surface area contributed by atoms with Gasteiger partial charge in [0.2, 0.25) is 0 Å². The summed E-state index contributed by atoms with van der Waals surface area (Å²) in [6.45, 7) is 6.29. The number of aryl methyl sites for hydroxylation is 1. The van der Waals surface area contributed by atoms with Crippen LogP contribution in [0.5, 0.6) is 0 Å². The molecule has 0 unspecified atom stereocenters. The number of carbonyl (C=O) groups excluding carboxylic acids is 1. The molecule has 0 bridgehead atoms. The van der Waals surface area contributed by atoms with E-state index in [-0.39, 0.29) is 5.92 Å². The second-order valence-corrected chi connectivity index (χ2v) is 4.36. The maximum absolute atomic E-state index is 11.7. The van der Waals surface area contributed by atoms with Gasteiger partial charge in [-0.2, -0.15) is 5.10 Å². The number of aliphatic carboxylic acids is 1. The standard InChI is InChI=1S/C12H20N4O3/c1-4-8(3)10(11(17)18)14-12(19)13-9-6-7-16(5-2)15-9/h6-8,10H,4-5H2,1-3H3,(H,17,18)(H2,13,14,15,19)/t8-,10-/m0/s1. The van der Waals surface area contributed by atoms with Gasteiger partial charge in [0.25, 0.3) is 0 Å². The molecule has 0 saturated carbocycles. The van der Waals surface area contributed by atoms with Gasteiger partial charge in [-0.3, -0.25) is 10.00 Å². The Balaban J connectivity index is 2.60. The summed E-state index contributed by atoms with van der Waals surface area (Å²) in [5.74, 6) is -0.785. The lowest BCUT2D eigenvalue weighted by atomic mass is 9.99. The van der Waals surface area contributed by atoms with Gasteiger partial charge in [-0.15, -0.1) is 0 Å². The molecule has 0 radical (unpaired) electrons. The van der Waals surface area contributed by atoms with Crippen molar-refractivity contribution in [2.45, 2.75) is 39.8 Å². The van der Waals surface area contributed by atoms with Crippen molar-refractivity contribution in [3.05, 3.63) is 12.3 Å². The Bertz CT molecular complexity index is 444. The van der Waals surface area contributed by atoms with E-state index in [4.69, 9.17) is 5.11 Å². The molecule has 1 rings (SSSR count). The molecule has 106 valence electrons. The summed E-state index contributed by atoms with van der Waals surface area (Å²) in [7, 11) is 0. The van der Waals surface area contributed by atoms with Crippen LogP contribution in [0.4, 0.5) is 10.6 Å². The van der Waals surface area contributed by atoms with Crippen LogP contribution in [0.1, 0.15) is 27.2 Å². The maximum Gasteiger partial charge on any atom is 0.326 e. The molecule has 1 aromatic rings. The SMILES string of the molecule is CC[C@H](C)[C@H](NC(=O)Nc1ccn(CC)n1)C(=O)O. The Labute approximate surface area is 112 Å². The van der Waals surface area contributed by atoms with Crippen LogP contribution >= 0.6 is 0 Å². The van der Waals surface area contributed by atoms with Gasteiger partial charge < -0.3 is 10.4 Å². The molecule has 0 spiro atoms. The molecule has 0 saturated heterocycles. The fraction of sp³-hybridized carbons (Fsp3) is 0.583. The van der Waals surface area contributed by atoms with Crippen molar-refractivity contribution in [1.82, 2.24) is 15.1 Å². The fourth-order valence-corrected chi connectivity index (χ4v) is 1.58. The minimum Gasteiger partial charge on any atom is -0.480 e. The van der Waals surface area contributed by atoms with E-state index in [9.17, 15) is 9.59 Å². The zero-order valence-corrected chi connectivity index (χ0v) is 11.4. The molecule has 0 fully saturated rings. The minimum absolute atomic E-state index is 0.142. The van der Waals surface area contributed by atoms with Gasteiger partial charge in [-0.05, 0) is 12.8 Å². The van der Waals surface area contributed by atoms with E-state index in [0.29, 0.717) is 18.8 Å². The predicted molar refractivity (Wildman–Crippen MR) is 70.9 cm³/mol. The zero-order valence-electron chi connectivity index (χ0n) is 11.4. The van der Waals surface area contributed by atoms with Crippen LogP contribution in [0.25, 0.3) is 0 Å².